The summed E-state index contributed by atoms with van der Waals surface area (Å²) in [7, 11) is 0. The summed E-state index contributed by atoms with van der Waals surface area (Å²) >= 11 is 0. The number of fused-ring (bicyclic) bond motifs is 2. The molecule has 168 valence electrons. The van der Waals surface area contributed by atoms with Crippen LogP contribution < -0.4 is 0 Å². The summed E-state index contributed by atoms with van der Waals surface area (Å²) in [6.07, 6.45) is 6.03. The molecule has 3 unspecified atom stereocenters. The fourth-order valence-corrected chi connectivity index (χ4v) is 4.88. The molecule has 2 aliphatic rings. The van der Waals surface area contributed by atoms with E-state index in [1.807, 2.05) is 26.8 Å². The van der Waals surface area contributed by atoms with Gasteiger partial charge in [-0.25, -0.2) is 0 Å². The SMILES string of the molecule is CC1Cc2ccccc2C1C.CCC(C)(C)C(=O)OC1(CC)CCCc2ccccc21. The van der Waals surface area contributed by atoms with Crippen LogP contribution in [0.1, 0.15) is 95.4 Å². The van der Waals surface area contributed by atoms with Crippen LogP contribution >= 0.6 is 0 Å². The summed E-state index contributed by atoms with van der Waals surface area (Å²) < 4.78 is 6.07. The third-order valence-corrected chi connectivity index (χ3v) is 7.77. The van der Waals surface area contributed by atoms with Crippen molar-refractivity contribution in [1.82, 2.24) is 0 Å². The molecule has 0 radical (unpaired) electrons. The number of rotatable bonds is 4. The molecule has 0 bridgehead atoms. The number of carbonyl (C=O) groups excluding carboxylic acids is 1. The molecule has 4 rings (SSSR count). The number of carbonyl (C=O) groups is 1. The first kappa shape index (κ1) is 23.6. The van der Waals surface area contributed by atoms with E-state index in [1.54, 1.807) is 11.1 Å². The molecular formula is C29H40O2. The normalized spacial score (nSPS) is 24.5. The van der Waals surface area contributed by atoms with Crippen LogP contribution in [0.25, 0.3) is 0 Å². The maximum atomic E-state index is 12.5. The molecule has 2 nitrogen and oxygen atoms in total. The van der Waals surface area contributed by atoms with Crippen LogP contribution in [-0.2, 0) is 28.0 Å². The van der Waals surface area contributed by atoms with Crippen molar-refractivity contribution in [1.29, 1.82) is 0 Å². The van der Waals surface area contributed by atoms with E-state index in [9.17, 15) is 4.79 Å². The first-order chi connectivity index (χ1) is 14.7. The summed E-state index contributed by atoms with van der Waals surface area (Å²) in [5, 5.41) is 0. The van der Waals surface area contributed by atoms with E-state index < -0.39 is 11.0 Å². The highest BCUT2D eigenvalue weighted by molar-refractivity contribution is 5.76. The second-order valence-corrected chi connectivity index (χ2v) is 10.2. The average Bonchev–Trinajstić information content (AvgIpc) is 3.08. The van der Waals surface area contributed by atoms with Crippen LogP contribution in [0, 0.1) is 11.3 Å². The second kappa shape index (κ2) is 9.59. The van der Waals surface area contributed by atoms with Gasteiger partial charge in [0.2, 0.25) is 0 Å². The van der Waals surface area contributed by atoms with Gasteiger partial charge in [-0.3, -0.25) is 4.79 Å². The summed E-state index contributed by atoms with van der Waals surface area (Å²) in [5.74, 6) is 1.54. The Bertz CT molecular complexity index is 897. The molecule has 2 heteroatoms. The molecule has 0 amide bonds. The van der Waals surface area contributed by atoms with E-state index in [-0.39, 0.29) is 5.97 Å². The van der Waals surface area contributed by atoms with Crippen molar-refractivity contribution in [3.63, 3.8) is 0 Å². The maximum Gasteiger partial charge on any atom is 0.312 e. The number of hydrogen-bond acceptors (Lipinski definition) is 2. The molecular weight excluding hydrogens is 380 g/mol. The van der Waals surface area contributed by atoms with Crippen LogP contribution in [0.15, 0.2) is 48.5 Å². The fraction of sp³-hybridized carbons (Fsp3) is 0.552. The summed E-state index contributed by atoms with van der Waals surface area (Å²) in [6, 6.07) is 17.2. The van der Waals surface area contributed by atoms with Gasteiger partial charge in [0.25, 0.3) is 0 Å². The summed E-state index contributed by atoms with van der Waals surface area (Å²) in [5.41, 5.74) is 4.86. The highest BCUT2D eigenvalue weighted by Gasteiger charge is 2.41. The van der Waals surface area contributed by atoms with Gasteiger partial charge < -0.3 is 4.74 Å². The van der Waals surface area contributed by atoms with Crippen molar-refractivity contribution >= 4 is 5.97 Å². The Morgan fingerprint density at radius 3 is 2.32 bits per heavy atom. The van der Waals surface area contributed by atoms with Crippen LogP contribution in [-0.4, -0.2) is 5.97 Å². The molecule has 0 aliphatic heterocycles. The van der Waals surface area contributed by atoms with Crippen LogP contribution in [0.4, 0.5) is 0 Å². The molecule has 0 aromatic heterocycles. The predicted octanol–water partition coefficient (Wildman–Crippen LogP) is 7.59. The Hall–Kier alpha value is -2.09. The zero-order chi connectivity index (χ0) is 22.6. The van der Waals surface area contributed by atoms with Gasteiger partial charge in [-0.1, -0.05) is 76.2 Å². The van der Waals surface area contributed by atoms with Crippen molar-refractivity contribution < 1.29 is 9.53 Å². The van der Waals surface area contributed by atoms with E-state index in [0.717, 1.165) is 43.9 Å². The first-order valence-electron chi connectivity index (χ1n) is 12.1. The number of benzene rings is 2. The minimum absolute atomic E-state index is 0.0708. The zero-order valence-electron chi connectivity index (χ0n) is 20.3. The topological polar surface area (TPSA) is 26.3 Å². The minimum Gasteiger partial charge on any atom is -0.454 e. The van der Waals surface area contributed by atoms with E-state index in [1.165, 1.54) is 17.5 Å². The highest BCUT2D eigenvalue weighted by Crippen LogP contribution is 2.42. The average molecular weight is 421 g/mol. The molecule has 31 heavy (non-hydrogen) atoms. The van der Waals surface area contributed by atoms with Gasteiger partial charge in [0, 0.05) is 0 Å². The Morgan fingerprint density at radius 2 is 1.68 bits per heavy atom. The van der Waals surface area contributed by atoms with E-state index in [4.69, 9.17) is 4.74 Å². The van der Waals surface area contributed by atoms with Crippen LogP contribution in [0.5, 0.6) is 0 Å². The molecule has 0 fully saturated rings. The van der Waals surface area contributed by atoms with Crippen LogP contribution in [0.2, 0.25) is 0 Å². The molecule has 0 spiro atoms. The lowest BCUT2D eigenvalue weighted by molar-refractivity contribution is -0.174. The summed E-state index contributed by atoms with van der Waals surface area (Å²) in [6.45, 7) is 12.8. The van der Waals surface area contributed by atoms with E-state index >= 15 is 0 Å². The van der Waals surface area contributed by atoms with Gasteiger partial charge in [0.15, 0.2) is 0 Å². The predicted molar refractivity (Wildman–Crippen MR) is 129 cm³/mol. The van der Waals surface area contributed by atoms with Gasteiger partial charge in [0.1, 0.15) is 5.60 Å². The van der Waals surface area contributed by atoms with Crippen molar-refractivity contribution in [2.24, 2.45) is 11.3 Å². The minimum atomic E-state index is -0.418. The van der Waals surface area contributed by atoms with Crippen molar-refractivity contribution in [2.75, 3.05) is 0 Å². The highest BCUT2D eigenvalue weighted by atomic mass is 16.6. The first-order valence-corrected chi connectivity index (χ1v) is 12.1. The monoisotopic (exact) mass is 420 g/mol. The molecule has 0 saturated carbocycles. The Morgan fingerprint density at radius 1 is 1.03 bits per heavy atom. The zero-order valence-corrected chi connectivity index (χ0v) is 20.3. The fourth-order valence-electron chi connectivity index (χ4n) is 4.88. The molecule has 2 aromatic rings. The standard InChI is InChI=1S/C18H26O2.C11H14/c1-5-17(3,4)16(19)20-18(6-2)13-9-11-14-10-7-8-12-15(14)18;1-8-7-10-5-3-4-6-11(10)9(8)2/h7-8,10,12H,5-6,9,11,13H2,1-4H3;3-6,8-9H,7H2,1-2H3. The van der Waals surface area contributed by atoms with Gasteiger partial charge >= 0.3 is 5.97 Å². The van der Waals surface area contributed by atoms with Gasteiger partial charge in [-0.2, -0.15) is 0 Å². The third-order valence-electron chi connectivity index (χ3n) is 7.77. The number of ether oxygens (including phenoxy) is 1. The molecule has 3 atom stereocenters. The van der Waals surface area contributed by atoms with Crippen molar-refractivity contribution in [2.45, 2.75) is 91.6 Å². The molecule has 0 heterocycles. The number of hydrogen-bond donors (Lipinski definition) is 0. The Balaban J connectivity index is 0.000000207. The lowest BCUT2D eigenvalue weighted by atomic mass is 9.77. The Labute approximate surface area is 189 Å². The molecule has 0 saturated heterocycles. The quantitative estimate of drug-likeness (QED) is 0.476. The van der Waals surface area contributed by atoms with Gasteiger partial charge in [-0.15, -0.1) is 0 Å². The smallest absolute Gasteiger partial charge is 0.312 e. The lowest BCUT2D eigenvalue weighted by Crippen LogP contribution is -2.39. The van der Waals surface area contributed by atoms with Crippen LogP contribution in [0.3, 0.4) is 0 Å². The second-order valence-electron chi connectivity index (χ2n) is 10.2. The van der Waals surface area contributed by atoms with Crippen molar-refractivity contribution in [3.05, 3.63) is 70.8 Å². The van der Waals surface area contributed by atoms with E-state index in [2.05, 4.69) is 63.2 Å². The summed E-state index contributed by atoms with van der Waals surface area (Å²) in [4.78, 5) is 12.5. The lowest BCUT2D eigenvalue weighted by Gasteiger charge is -2.40. The molecule has 2 aromatic carbocycles. The molecule has 2 aliphatic carbocycles. The maximum absolute atomic E-state index is 12.5. The number of aryl methyl sites for hydroxylation is 1. The van der Waals surface area contributed by atoms with Gasteiger partial charge in [-0.05, 0) is 86.5 Å². The van der Waals surface area contributed by atoms with Crippen molar-refractivity contribution in [3.8, 4) is 0 Å². The third kappa shape index (κ3) is 4.89. The number of esters is 1. The Kier molecular flexibility index (Phi) is 7.29. The van der Waals surface area contributed by atoms with Gasteiger partial charge in [0.05, 0.1) is 5.41 Å². The largest absolute Gasteiger partial charge is 0.454 e. The van der Waals surface area contributed by atoms with E-state index in [0.29, 0.717) is 0 Å². The molecule has 0 N–H and O–H groups in total.